The van der Waals surface area contributed by atoms with Gasteiger partial charge >= 0.3 is 0 Å². The number of primary amides is 1. The molecule has 1 aliphatic heterocycles. The fourth-order valence-corrected chi connectivity index (χ4v) is 4.18. The van der Waals surface area contributed by atoms with Crippen LogP contribution in [0.2, 0.25) is 0 Å². The number of nitrogens with one attached hydrogen (secondary N) is 2. The van der Waals surface area contributed by atoms with Gasteiger partial charge in [-0.05, 0) is 43.0 Å². The third-order valence-electron chi connectivity index (χ3n) is 5.96. The number of amides is 3. The Morgan fingerprint density at radius 3 is 2.39 bits per heavy atom. The van der Waals surface area contributed by atoms with Crippen molar-refractivity contribution in [1.29, 1.82) is 0 Å². The second-order valence-corrected chi connectivity index (χ2v) is 8.47. The molecular formula is C25H32N4O4. The predicted molar refractivity (Wildman–Crippen MR) is 125 cm³/mol. The van der Waals surface area contributed by atoms with Gasteiger partial charge in [-0.25, -0.2) is 0 Å². The Morgan fingerprint density at radius 2 is 1.79 bits per heavy atom. The lowest BCUT2D eigenvalue weighted by Crippen LogP contribution is -2.55. The maximum atomic E-state index is 13.3. The summed E-state index contributed by atoms with van der Waals surface area (Å²) in [7, 11) is 0. The number of benzene rings is 2. The smallest absolute Gasteiger partial charge is 0.243 e. The van der Waals surface area contributed by atoms with Crippen molar-refractivity contribution in [2.24, 2.45) is 5.73 Å². The highest BCUT2D eigenvalue weighted by atomic mass is 16.3. The van der Waals surface area contributed by atoms with Crippen molar-refractivity contribution in [3.63, 3.8) is 0 Å². The van der Waals surface area contributed by atoms with Crippen LogP contribution in [0.1, 0.15) is 37.8 Å². The number of rotatable bonds is 10. The molecule has 0 bridgehead atoms. The number of hydrogen-bond acceptors (Lipinski definition) is 5. The standard InChI is InChI=1S/C25H32N4O4/c1-3-7-22-27-21(15-18-10-12-19(30)13-11-18)25(33)29(22)16(2)24(32)28-20(23(26)31)14-17-8-5-4-6-9-17/h4-6,8-13,16,20-22,27,30H,3,7,14-15H2,1-2H3,(H2,26,31)(H,28,32)/t16-,20-,21-,22?/m0/s1. The van der Waals surface area contributed by atoms with E-state index < -0.39 is 29.9 Å². The molecule has 2 aromatic rings. The van der Waals surface area contributed by atoms with Gasteiger partial charge in [0, 0.05) is 6.42 Å². The average molecular weight is 453 g/mol. The number of aromatic hydroxyl groups is 1. The number of phenolic OH excluding ortho intramolecular Hbond substituents is 1. The fraction of sp³-hybridized carbons (Fsp3) is 0.400. The second-order valence-electron chi connectivity index (χ2n) is 8.47. The number of carbonyl (C=O) groups is 3. The Hall–Kier alpha value is -3.39. The summed E-state index contributed by atoms with van der Waals surface area (Å²) < 4.78 is 0. The Balaban J connectivity index is 1.71. The Morgan fingerprint density at radius 1 is 1.12 bits per heavy atom. The van der Waals surface area contributed by atoms with Crippen molar-refractivity contribution in [1.82, 2.24) is 15.5 Å². The average Bonchev–Trinajstić information content (AvgIpc) is 3.09. The van der Waals surface area contributed by atoms with Crippen LogP contribution in [0.3, 0.4) is 0 Å². The van der Waals surface area contributed by atoms with Crippen LogP contribution in [0.25, 0.3) is 0 Å². The largest absolute Gasteiger partial charge is 0.508 e. The fourth-order valence-electron chi connectivity index (χ4n) is 4.18. The summed E-state index contributed by atoms with van der Waals surface area (Å²) in [5.41, 5.74) is 7.33. The van der Waals surface area contributed by atoms with E-state index in [9.17, 15) is 19.5 Å². The molecule has 1 unspecified atom stereocenters. The van der Waals surface area contributed by atoms with Gasteiger partial charge in [-0.15, -0.1) is 0 Å². The van der Waals surface area contributed by atoms with Gasteiger partial charge in [-0.2, -0.15) is 0 Å². The molecule has 1 heterocycles. The summed E-state index contributed by atoms with van der Waals surface area (Å²) in [6, 6.07) is 13.9. The third kappa shape index (κ3) is 6.10. The molecule has 176 valence electrons. The summed E-state index contributed by atoms with van der Waals surface area (Å²) >= 11 is 0. The molecule has 0 aliphatic carbocycles. The van der Waals surface area contributed by atoms with E-state index in [-0.39, 0.29) is 24.2 Å². The molecular weight excluding hydrogens is 420 g/mol. The highest BCUT2D eigenvalue weighted by molar-refractivity contribution is 5.93. The molecule has 3 rings (SSSR count). The molecule has 0 radical (unpaired) electrons. The summed E-state index contributed by atoms with van der Waals surface area (Å²) in [5, 5.41) is 15.6. The molecule has 0 saturated carbocycles. The topological polar surface area (TPSA) is 125 Å². The lowest BCUT2D eigenvalue weighted by atomic mass is 10.0. The lowest BCUT2D eigenvalue weighted by molar-refractivity contribution is -0.140. The van der Waals surface area contributed by atoms with Crippen molar-refractivity contribution in [3.05, 3.63) is 65.7 Å². The Bertz CT molecular complexity index is 964. The van der Waals surface area contributed by atoms with E-state index in [1.165, 1.54) is 0 Å². The van der Waals surface area contributed by atoms with Crippen molar-refractivity contribution in [3.8, 4) is 5.75 Å². The quantitative estimate of drug-likeness (QED) is 0.434. The third-order valence-corrected chi connectivity index (χ3v) is 5.96. The summed E-state index contributed by atoms with van der Waals surface area (Å²) in [4.78, 5) is 39.9. The summed E-state index contributed by atoms with van der Waals surface area (Å²) in [5.74, 6) is -1.04. The van der Waals surface area contributed by atoms with Crippen LogP contribution in [-0.2, 0) is 27.2 Å². The molecule has 0 aromatic heterocycles. The zero-order valence-electron chi connectivity index (χ0n) is 19.0. The molecule has 1 aliphatic rings. The van der Waals surface area contributed by atoms with E-state index in [0.29, 0.717) is 12.8 Å². The van der Waals surface area contributed by atoms with Gasteiger partial charge in [0.25, 0.3) is 0 Å². The van der Waals surface area contributed by atoms with Gasteiger partial charge in [-0.3, -0.25) is 19.7 Å². The van der Waals surface area contributed by atoms with E-state index in [4.69, 9.17) is 5.73 Å². The molecule has 2 aromatic carbocycles. The number of nitrogens with two attached hydrogens (primary N) is 1. The minimum Gasteiger partial charge on any atom is -0.508 e. The summed E-state index contributed by atoms with van der Waals surface area (Å²) in [6.07, 6.45) is 1.97. The Labute approximate surface area is 194 Å². The highest BCUT2D eigenvalue weighted by Crippen LogP contribution is 2.22. The molecule has 3 amide bonds. The number of hydrogen-bond donors (Lipinski definition) is 4. The molecule has 0 spiro atoms. The van der Waals surface area contributed by atoms with Crippen LogP contribution >= 0.6 is 0 Å². The van der Waals surface area contributed by atoms with Gasteiger partial charge in [0.05, 0.1) is 12.2 Å². The van der Waals surface area contributed by atoms with E-state index in [1.54, 1.807) is 36.1 Å². The molecule has 8 nitrogen and oxygen atoms in total. The summed E-state index contributed by atoms with van der Waals surface area (Å²) in [6.45, 7) is 3.69. The SMILES string of the molecule is CCCC1N[C@@H](Cc2ccc(O)cc2)C(=O)N1[C@@H](C)C(=O)N[C@@H](Cc1ccccc1)C(N)=O. The molecule has 4 atom stereocenters. The maximum absolute atomic E-state index is 13.3. The first-order valence-corrected chi connectivity index (χ1v) is 11.3. The van der Waals surface area contributed by atoms with Crippen molar-refractivity contribution >= 4 is 17.7 Å². The lowest BCUT2D eigenvalue weighted by Gasteiger charge is -2.30. The van der Waals surface area contributed by atoms with Gasteiger partial charge in [0.15, 0.2) is 0 Å². The van der Waals surface area contributed by atoms with Crippen LogP contribution in [0.15, 0.2) is 54.6 Å². The van der Waals surface area contributed by atoms with Gasteiger partial charge in [-0.1, -0.05) is 55.8 Å². The van der Waals surface area contributed by atoms with Crippen molar-refractivity contribution in [2.75, 3.05) is 0 Å². The minimum absolute atomic E-state index is 0.164. The van der Waals surface area contributed by atoms with Crippen molar-refractivity contribution < 1.29 is 19.5 Å². The van der Waals surface area contributed by atoms with Crippen LogP contribution in [0, 0.1) is 0 Å². The minimum atomic E-state index is -0.870. The molecule has 8 heteroatoms. The molecule has 1 fully saturated rings. The number of carbonyl (C=O) groups excluding carboxylic acids is 3. The first kappa shape index (κ1) is 24.3. The van der Waals surface area contributed by atoms with E-state index in [2.05, 4.69) is 10.6 Å². The van der Waals surface area contributed by atoms with Gasteiger partial charge in [0.1, 0.15) is 17.8 Å². The van der Waals surface area contributed by atoms with Gasteiger partial charge < -0.3 is 21.1 Å². The predicted octanol–water partition coefficient (Wildman–Crippen LogP) is 1.46. The molecule has 33 heavy (non-hydrogen) atoms. The maximum Gasteiger partial charge on any atom is 0.243 e. The first-order valence-electron chi connectivity index (χ1n) is 11.3. The van der Waals surface area contributed by atoms with Crippen LogP contribution in [0.5, 0.6) is 5.75 Å². The molecule has 5 N–H and O–H groups in total. The van der Waals surface area contributed by atoms with Crippen molar-refractivity contribution in [2.45, 2.75) is 63.8 Å². The second kappa shape index (κ2) is 11.0. The zero-order valence-corrected chi connectivity index (χ0v) is 19.0. The zero-order chi connectivity index (χ0) is 24.0. The monoisotopic (exact) mass is 452 g/mol. The number of nitrogens with zero attached hydrogens (tertiary/aromatic N) is 1. The van der Waals surface area contributed by atoms with Crippen LogP contribution < -0.4 is 16.4 Å². The van der Waals surface area contributed by atoms with Crippen LogP contribution in [0.4, 0.5) is 0 Å². The number of phenols is 1. The van der Waals surface area contributed by atoms with E-state index in [1.807, 2.05) is 37.3 Å². The normalized spacial score (nSPS) is 19.8. The Kier molecular flexibility index (Phi) is 8.06. The highest BCUT2D eigenvalue weighted by Gasteiger charge is 2.43. The molecule has 1 saturated heterocycles. The van der Waals surface area contributed by atoms with E-state index in [0.717, 1.165) is 17.5 Å². The van der Waals surface area contributed by atoms with Crippen LogP contribution in [-0.4, -0.2) is 52.0 Å². The first-order chi connectivity index (χ1) is 15.8. The van der Waals surface area contributed by atoms with E-state index >= 15 is 0 Å². The van der Waals surface area contributed by atoms with Gasteiger partial charge in [0.2, 0.25) is 17.7 Å².